The number of amides is 1. The van der Waals surface area contributed by atoms with Crippen LogP contribution in [0.3, 0.4) is 0 Å². The van der Waals surface area contributed by atoms with Crippen LogP contribution in [-0.4, -0.2) is 37.4 Å². The molecule has 0 fully saturated rings. The fraction of sp³-hybridized carbons (Fsp3) is 0.429. The molecule has 0 atom stereocenters. The molecule has 0 aromatic heterocycles. The average Bonchev–Trinajstić information content (AvgIpc) is 2.55. The van der Waals surface area contributed by atoms with Crippen molar-refractivity contribution >= 4 is 46.4 Å². The third kappa shape index (κ3) is 5.29. The molecule has 0 spiro atoms. The molecule has 6 nitrogen and oxygen atoms in total. The highest BCUT2D eigenvalue weighted by Gasteiger charge is 2.26. The summed E-state index contributed by atoms with van der Waals surface area (Å²) in [6.07, 6.45) is 0. The molecular weight excluding hydrogens is 355 g/mol. The fourth-order valence-electron chi connectivity index (χ4n) is 1.81. The summed E-state index contributed by atoms with van der Waals surface area (Å²) in [7, 11) is 0. The van der Waals surface area contributed by atoms with Crippen LogP contribution in [0.15, 0.2) is 35.4 Å². The summed E-state index contributed by atoms with van der Waals surface area (Å²) in [6.45, 7) is 4.70. The molecule has 0 saturated heterocycles. The van der Waals surface area contributed by atoms with E-state index in [0.29, 0.717) is 30.6 Å². The molecule has 0 aliphatic carbocycles. The van der Waals surface area contributed by atoms with Crippen LogP contribution in [-0.2, 0) is 30.4 Å². The SMILES string of the molecule is CCOP(=S)(OCC)SCC1=NN(c2ccccc2)C(=O)CO1. The largest absolute Gasteiger partial charge is 0.469 e. The second kappa shape index (κ2) is 8.80. The second-order valence-corrected chi connectivity index (χ2v) is 10.7. The number of carbonyl (C=O) groups excluding carboxylic acids is 1. The predicted octanol–water partition coefficient (Wildman–Crippen LogP) is 3.39. The summed E-state index contributed by atoms with van der Waals surface area (Å²) >= 11 is 6.82. The Morgan fingerprint density at radius 3 is 2.57 bits per heavy atom. The molecule has 1 aliphatic heterocycles. The van der Waals surface area contributed by atoms with E-state index in [1.165, 1.54) is 16.4 Å². The van der Waals surface area contributed by atoms with E-state index in [1.54, 1.807) is 0 Å². The molecule has 1 heterocycles. The number of nitrogens with zero attached hydrogens (tertiary/aromatic N) is 2. The molecule has 1 aliphatic rings. The minimum Gasteiger partial charge on any atom is -0.469 e. The standard InChI is InChI=1S/C14H19N2O4PS2/c1-3-19-21(22,20-4-2)23-11-13-15-16(14(17)10-18-13)12-8-6-5-7-9-12/h5-9H,3-4,10-11H2,1-2H3. The molecule has 9 heteroatoms. The zero-order valence-corrected chi connectivity index (χ0v) is 15.5. The lowest BCUT2D eigenvalue weighted by atomic mass is 10.3. The normalized spacial score (nSPS) is 15.3. The van der Waals surface area contributed by atoms with Gasteiger partial charge in [-0.25, -0.2) is 0 Å². The zero-order valence-electron chi connectivity index (χ0n) is 13.0. The lowest BCUT2D eigenvalue weighted by molar-refractivity contribution is -0.121. The van der Waals surface area contributed by atoms with E-state index < -0.39 is 5.69 Å². The summed E-state index contributed by atoms with van der Waals surface area (Å²) in [4.78, 5) is 12.0. The number of hydrazone groups is 1. The quantitative estimate of drug-likeness (QED) is 0.650. The van der Waals surface area contributed by atoms with Crippen molar-refractivity contribution in [3.05, 3.63) is 30.3 Å². The van der Waals surface area contributed by atoms with E-state index in [-0.39, 0.29) is 12.5 Å². The molecule has 1 aromatic carbocycles. The Balaban J connectivity index is 2.07. The van der Waals surface area contributed by atoms with Gasteiger partial charge in [0.25, 0.3) is 5.91 Å². The van der Waals surface area contributed by atoms with Crippen molar-refractivity contribution in [2.45, 2.75) is 13.8 Å². The van der Waals surface area contributed by atoms with Gasteiger partial charge in [-0.3, -0.25) is 4.79 Å². The first-order chi connectivity index (χ1) is 11.1. The number of rotatable bonds is 8. The highest BCUT2D eigenvalue weighted by Crippen LogP contribution is 2.60. The minimum absolute atomic E-state index is 0.0412. The van der Waals surface area contributed by atoms with Crippen molar-refractivity contribution in [1.29, 1.82) is 0 Å². The van der Waals surface area contributed by atoms with Crippen molar-refractivity contribution in [3.8, 4) is 0 Å². The second-order valence-electron chi connectivity index (χ2n) is 4.38. The topological polar surface area (TPSA) is 60.4 Å². The number of ether oxygens (including phenoxy) is 1. The summed E-state index contributed by atoms with van der Waals surface area (Å²) in [5.41, 5.74) is -1.70. The Morgan fingerprint density at radius 1 is 1.30 bits per heavy atom. The smallest absolute Gasteiger partial charge is 0.285 e. The molecule has 0 N–H and O–H groups in total. The molecule has 1 amide bonds. The summed E-state index contributed by atoms with van der Waals surface area (Å²) in [5, 5.41) is 5.63. The summed E-state index contributed by atoms with van der Waals surface area (Å²) in [5.74, 6) is 0.625. The molecule has 0 radical (unpaired) electrons. The lowest BCUT2D eigenvalue weighted by Gasteiger charge is -2.25. The Kier molecular flexibility index (Phi) is 7.05. The molecule has 2 rings (SSSR count). The van der Waals surface area contributed by atoms with E-state index in [0.717, 1.165) is 0 Å². The van der Waals surface area contributed by atoms with Gasteiger partial charge in [-0.15, -0.1) is 5.10 Å². The first-order valence-electron chi connectivity index (χ1n) is 7.20. The van der Waals surface area contributed by atoms with E-state index >= 15 is 0 Å². The van der Waals surface area contributed by atoms with Gasteiger partial charge in [0.05, 0.1) is 24.7 Å². The van der Waals surface area contributed by atoms with Gasteiger partial charge >= 0.3 is 0 Å². The Hall–Kier alpha value is -0.920. The van der Waals surface area contributed by atoms with Crippen LogP contribution < -0.4 is 5.01 Å². The lowest BCUT2D eigenvalue weighted by Crippen LogP contribution is -2.37. The Bertz CT molecular complexity index is 602. The summed E-state index contributed by atoms with van der Waals surface area (Å²) in [6, 6.07) is 9.23. The first-order valence-corrected chi connectivity index (χ1v) is 11.4. The molecule has 0 unspecified atom stereocenters. The van der Waals surface area contributed by atoms with Crippen LogP contribution in [0.5, 0.6) is 0 Å². The molecule has 0 saturated carbocycles. The molecule has 23 heavy (non-hydrogen) atoms. The maximum Gasteiger partial charge on any atom is 0.285 e. The predicted molar refractivity (Wildman–Crippen MR) is 97.3 cm³/mol. The van der Waals surface area contributed by atoms with Gasteiger partial charge in [0, 0.05) is 0 Å². The third-order valence-corrected chi connectivity index (χ3v) is 8.12. The number of carbonyl (C=O) groups is 1. The van der Waals surface area contributed by atoms with Crippen LogP contribution in [0.2, 0.25) is 0 Å². The molecule has 126 valence electrons. The maximum absolute atomic E-state index is 12.0. The van der Waals surface area contributed by atoms with Crippen LogP contribution in [0.4, 0.5) is 5.69 Å². The number of benzene rings is 1. The summed E-state index contributed by atoms with van der Waals surface area (Å²) < 4.78 is 16.5. The molecular formula is C14H19N2O4PS2. The highest BCUT2D eigenvalue weighted by atomic mass is 32.9. The number of anilines is 1. The maximum atomic E-state index is 12.0. The Morgan fingerprint density at radius 2 is 1.96 bits per heavy atom. The van der Waals surface area contributed by atoms with Crippen molar-refractivity contribution in [3.63, 3.8) is 0 Å². The fourth-order valence-corrected chi connectivity index (χ4v) is 6.06. The monoisotopic (exact) mass is 374 g/mol. The van der Waals surface area contributed by atoms with Crippen LogP contribution in [0.1, 0.15) is 13.8 Å². The van der Waals surface area contributed by atoms with Crippen molar-refractivity contribution in [2.24, 2.45) is 5.10 Å². The number of hydrogen-bond acceptors (Lipinski definition) is 7. The first kappa shape index (κ1) is 18.4. The van der Waals surface area contributed by atoms with Gasteiger partial charge in [0.15, 0.2) is 6.61 Å². The van der Waals surface area contributed by atoms with Crippen LogP contribution in [0, 0.1) is 0 Å². The van der Waals surface area contributed by atoms with Gasteiger partial charge in [0.1, 0.15) is 0 Å². The Labute approximate surface area is 145 Å². The third-order valence-electron chi connectivity index (χ3n) is 2.73. The van der Waals surface area contributed by atoms with Gasteiger partial charge < -0.3 is 13.8 Å². The number of para-hydroxylation sites is 1. The average molecular weight is 374 g/mol. The van der Waals surface area contributed by atoms with E-state index in [4.69, 9.17) is 25.6 Å². The number of hydrogen-bond donors (Lipinski definition) is 0. The van der Waals surface area contributed by atoms with Crippen molar-refractivity contribution in [2.75, 3.05) is 30.6 Å². The van der Waals surface area contributed by atoms with Gasteiger partial charge in [0.2, 0.25) is 11.6 Å². The van der Waals surface area contributed by atoms with Crippen molar-refractivity contribution < 1.29 is 18.6 Å². The van der Waals surface area contributed by atoms with Crippen molar-refractivity contribution in [1.82, 2.24) is 0 Å². The molecule has 0 bridgehead atoms. The molecule has 1 aromatic rings. The minimum atomic E-state index is -2.41. The van der Waals surface area contributed by atoms with Gasteiger partial charge in [-0.05, 0) is 37.8 Å². The van der Waals surface area contributed by atoms with Gasteiger partial charge in [-0.1, -0.05) is 29.6 Å². The zero-order chi connectivity index (χ0) is 16.7. The van der Waals surface area contributed by atoms with Crippen LogP contribution >= 0.6 is 17.1 Å². The highest BCUT2D eigenvalue weighted by molar-refractivity contribution is 8.68. The van der Waals surface area contributed by atoms with E-state index in [1.807, 2.05) is 44.2 Å². The van der Waals surface area contributed by atoms with E-state index in [2.05, 4.69) is 5.10 Å². The van der Waals surface area contributed by atoms with E-state index in [9.17, 15) is 4.79 Å². The van der Waals surface area contributed by atoms with Crippen LogP contribution in [0.25, 0.3) is 0 Å². The van der Waals surface area contributed by atoms with Gasteiger partial charge in [-0.2, -0.15) is 5.01 Å².